The molecule has 4 rings (SSSR count). The highest BCUT2D eigenvalue weighted by molar-refractivity contribution is 5.94. The minimum Gasteiger partial charge on any atom is -0.485 e. The number of nitrogens with one attached hydrogen (secondary N) is 1. The first-order valence-electron chi connectivity index (χ1n) is 8.60. The Balaban J connectivity index is 1.43. The Morgan fingerprint density at radius 3 is 2.92 bits per heavy atom. The van der Waals surface area contributed by atoms with E-state index in [1.807, 2.05) is 29.3 Å². The summed E-state index contributed by atoms with van der Waals surface area (Å²) in [6.45, 7) is 3.43. The van der Waals surface area contributed by atoms with Crippen molar-refractivity contribution in [2.75, 3.05) is 31.1 Å². The number of anilines is 1. The van der Waals surface area contributed by atoms with Gasteiger partial charge in [-0.15, -0.1) is 0 Å². The quantitative estimate of drug-likeness (QED) is 0.936. The number of amides is 1. The highest BCUT2D eigenvalue weighted by Gasteiger charge is 2.29. The molecule has 2 aliphatic rings. The second-order valence-corrected chi connectivity index (χ2v) is 6.40. The van der Waals surface area contributed by atoms with Gasteiger partial charge in [0.05, 0.1) is 12.1 Å². The second kappa shape index (κ2) is 6.55. The third-order valence-corrected chi connectivity index (χ3v) is 4.73. The molecule has 2 aromatic heterocycles. The fraction of sp³-hybridized carbons (Fsp3) is 0.444. The molecule has 0 radical (unpaired) electrons. The Morgan fingerprint density at radius 1 is 1.25 bits per heavy atom. The highest BCUT2D eigenvalue weighted by atomic mass is 16.5. The van der Waals surface area contributed by atoms with Crippen LogP contribution in [0.25, 0.3) is 0 Å². The molecule has 0 aliphatic carbocycles. The summed E-state index contributed by atoms with van der Waals surface area (Å²) < 4.78 is 6.21. The number of hydrogen-bond acceptors (Lipinski definition) is 4. The smallest absolute Gasteiger partial charge is 0.255 e. The Morgan fingerprint density at radius 2 is 2.12 bits per heavy atom. The van der Waals surface area contributed by atoms with E-state index in [-0.39, 0.29) is 12.0 Å². The molecule has 6 heteroatoms. The van der Waals surface area contributed by atoms with Crippen LogP contribution in [0.15, 0.2) is 36.8 Å². The van der Waals surface area contributed by atoms with Gasteiger partial charge < -0.3 is 19.5 Å². The lowest BCUT2D eigenvalue weighted by atomic mass is 10.3. The number of pyridine rings is 1. The van der Waals surface area contributed by atoms with E-state index < -0.39 is 0 Å². The fourth-order valence-electron chi connectivity index (χ4n) is 3.47. The molecule has 1 atom stereocenters. The topological polar surface area (TPSA) is 61.5 Å². The molecule has 6 nitrogen and oxygen atoms in total. The molecule has 2 aromatic rings. The molecule has 1 N–H and O–H groups in total. The number of carbonyl (C=O) groups excluding carboxylic acids is 1. The summed E-state index contributed by atoms with van der Waals surface area (Å²) in [6.07, 6.45) is 8.62. The van der Waals surface area contributed by atoms with E-state index in [0.717, 1.165) is 37.6 Å². The van der Waals surface area contributed by atoms with Crippen molar-refractivity contribution in [2.24, 2.45) is 0 Å². The lowest BCUT2D eigenvalue weighted by Crippen LogP contribution is -2.31. The van der Waals surface area contributed by atoms with Crippen LogP contribution in [-0.2, 0) is 0 Å². The summed E-state index contributed by atoms with van der Waals surface area (Å²) in [7, 11) is 0. The molecule has 2 saturated heterocycles. The van der Waals surface area contributed by atoms with Crippen LogP contribution in [0.2, 0.25) is 0 Å². The average molecular weight is 326 g/mol. The number of carbonyl (C=O) groups is 1. The maximum Gasteiger partial charge on any atom is 0.255 e. The summed E-state index contributed by atoms with van der Waals surface area (Å²) in [5.41, 5.74) is 0.704. The number of ether oxygens (including phenoxy) is 1. The van der Waals surface area contributed by atoms with Crippen molar-refractivity contribution in [3.8, 4) is 5.75 Å². The number of nitrogens with zero attached hydrogens (tertiary/aromatic N) is 3. The van der Waals surface area contributed by atoms with Crippen LogP contribution in [0.4, 0.5) is 5.82 Å². The Hall–Kier alpha value is -2.50. The monoisotopic (exact) mass is 326 g/mol. The molecular formula is C18H22N4O2. The summed E-state index contributed by atoms with van der Waals surface area (Å²) in [4.78, 5) is 24.0. The number of rotatable bonds is 4. The Bertz CT molecular complexity index is 695. The number of H-pyrrole nitrogens is 1. The first-order valence-corrected chi connectivity index (χ1v) is 8.60. The van der Waals surface area contributed by atoms with Crippen LogP contribution in [0.3, 0.4) is 0 Å². The van der Waals surface area contributed by atoms with Crippen LogP contribution in [0.1, 0.15) is 29.6 Å². The van der Waals surface area contributed by atoms with Gasteiger partial charge in [0.25, 0.3) is 5.91 Å². The molecule has 0 unspecified atom stereocenters. The number of likely N-dealkylation sites (tertiary alicyclic amines) is 1. The van der Waals surface area contributed by atoms with Crippen molar-refractivity contribution in [1.29, 1.82) is 0 Å². The fourth-order valence-corrected chi connectivity index (χ4v) is 3.47. The number of aromatic nitrogens is 2. The molecule has 0 saturated carbocycles. The van der Waals surface area contributed by atoms with E-state index in [1.165, 1.54) is 12.8 Å². The maximum absolute atomic E-state index is 12.4. The van der Waals surface area contributed by atoms with Gasteiger partial charge in [-0.3, -0.25) is 4.79 Å². The molecule has 2 aliphatic heterocycles. The third kappa shape index (κ3) is 2.96. The summed E-state index contributed by atoms with van der Waals surface area (Å²) in [5, 5.41) is 0. The van der Waals surface area contributed by atoms with Gasteiger partial charge in [0.2, 0.25) is 0 Å². The molecule has 126 valence electrons. The van der Waals surface area contributed by atoms with Gasteiger partial charge in [0, 0.05) is 44.6 Å². The molecule has 0 aromatic carbocycles. The van der Waals surface area contributed by atoms with Crippen molar-refractivity contribution in [1.82, 2.24) is 14.9 Å². The van der Waals surface area contributed by atoms with Crippen LogP contribution < -0.4 is 9.64 Å². The SMILES string of the molecule is O=C(c1cc[nH]c1)N1CC[C@@H](Oc2cccnc2N2CCCC2)C1. The molecule has 1 amide bonds. The molecule has 4 heterocycles. The van der Waals surface area contributed by atoms with E-state index in [0.29, 0.717) is 12.1 Å². The Labute approximate surface area is 141 Å². The molecular weight excluding hydrogens is 304 g/mol. The van der Waals surface area contributed by atoms with Crippen molar-refractivity contribution in [2.45, 2.75) is 25.4 Å². The van der Waals surface area contributed by atoms with E-state index >= 15 is 0 Å². The number of hydrogen-bond donors (Lipinski definition) is 1. The van der Waals surface area contributed by atoms with Gasteiger partial charge >= 0.3 is 0 Å². The predicted molar refractivity (Wildman–Crippen MR) is 91.4 cm³/mol. The summed E-state index contributed by atoms with van der Waals surface area (Å²) >= 11 is 0. The lowest BCUT2D eigenvalue weighted by molar-refractivity contribution is 0.0772. The molecule has 0 bridgehead atoms. The van der Waals surface area contributed by atoms with E-state index in [4.69, 9.17) is 4.74 Å². The maximum atomic E-state index is 12.4. The van der Waals surface area contributed by atoms with Crippen LogP contribution in [-0.4, -0.2) is 53.1 Å². The van der Waals surface area contributed by atoms with Gasteiger partial charge in [-0.05, 0) is 31.0 Å². The van der Waals surface area contributed by atoms with Gasteiger partial charge in [0.15, 0.2) is 11.6 Å². The van der Waals surface area contributed by atoms with Gasteiger partial charge in [-0.1, -0.05) is 0 Å². The highest BCUT2D eigenvalue weighted by Crippen LogP contribution is 2.30. The minimum atomic E-state index is 0.0263. The standard InChI is InChI=1S/C18H22N4O2/c23-18(14-5-8-19-12-14)22-11-6-15(13-22)24-16-4-3-7-20-17(16)21-9-1-2-10-21/h3-5,7-8,12,15,19H,1-2,6,9-11,13H2/t15-/m1/s1. The van der Waals surface area contributed by atoms with Crippen LogP contribution in [0.5, 0.6) is 5.75 Å². The van der Waals surface area contributed by atoms with Crippen LogP contribution in [0, 0.1) is 0 Å². The normalized spacial score (nSPS) is 20.6. The zero-order chi connectivity index (χ0) is 16.4. The second-order valence-electron chi connectivity index (χ2n) is 6.40. The minimum absolute atomic E-state index is 0.0263. The number of aromatic amines is 1. The van der Waals surface area contributed by atoms with Gasteiger partial charge in [-0.2, -0.15) is 0 Å². The first-order chi connectivity index (χ1) is 11.8. The zero-order valence-corrected chi connectivity index (χ0v) is 13.6. The van der Waals surface area contributed by atoms with Gasteiger partial charge in [-0.25, -0.2) is 4.98 Å². The third-order valence-electron chi connectivity index (χ3n) is 4.73. The van der Waals surface area contributed by atoms with Crippen LogP contribution >= 0.6 is 0 Å². The lowest BCUT2D eigenvalue weighted by Gasteiger charge is -2.22. The summed E-state index contributed by atoms with van der Waals surface area (Å²) in [6, 6.07) is 5.70. The van der Waals surface area contributed by atoms with Gasteiger partial charge in [0.1, 0.15) is 6.10 Å². The molecule has 24 heavy (non-hydrogen) atoms. The van der Waals surface area contributed by atoms with Crippen molar-refractivity contribution in [3.63, 3.8) is 0 Å². The van der Waals surface area contributed by atoms with Crippen molar-refractivity contribution < 1.29 is 9.53 Å². The van der Waals surface area contributed by atoms with E-state index in [2.05, 4.69) is 14.9 Å². The zero-order valence-electron chi connectivity index (χ0n) is 13.6. The van der Waals surface area contributed by atoms with Crippen molar-refractivity contribution in [3.05, 3.63) is 42.4 Å². The summed E-state index contributed by atoms with van der Waals surface area (Å²) in [5.74, 6) is 1.83. The van der Waals surface area contributed by atoms with Crippen molar-refractivity contribution >= 4 is 11.7 Å². The first kappa shape index (κ1) is 15.1. The predicted octanol–water partition coefficient (Wildman–Crippen LogP) is 2.30. The van der Waals surface area contributed by atoms with E-state index in [9.17, 15) is 4.79 Å². The molecule has 2 fully saturated rings. The average Bonchev–Trinajstić information content (AvgIpc) is 3.36. The largest absolute Gasteiger partial charge is 0.485 e. The Kier molecular flexibility index (Phi) is 4.11. The van der Waals surface area contributed by atoms with E-state index in [1.54, 1.807) is 12.4 Å². The molecule has 0 spiro atoms.